The van der Waals surface area contributed by atoms with Gasteiger partial charge in [-0.2, -0.15) is 0 Å². The Bertz CT molecular complexity index is 468. The van der Waals surface area contributed by atoms with Crippen LogP contribution in [0.25, 0.3) is 0 Å². The van der Waals surface area contributed by atoms with E-state index in [4.69, 9.17) is 0 Å². The van der Waals surface area contributed by atoms with E-state index in [0.717, 1.165) is 12.1 Å². The zero-order valence-corrected chi connectivity index (χ0v) is 14.7. The number of nitrogens with zero attached hydrogens (tertiary/aromatic N) is 1. The predicted molar refractivity (Wildman–Crippen MR) is 92.8 cm³/mol. The van der Waals surface area contributed by atoms with Crippen LogP contribution in [-0.2, 0) is 12.8 Å². The molecule has 0 radical (unpaired) electrons. The minimum absolute atomic E-state index is 0.739. The Kier molecular flexibility index (Phi) is 5.36. The van der Waals surface area contributed by atoms with Crippen LogP contribution in [0, 0.1) is 0 Å². The molecular formula is C18H27BrN2. The Morgan fingerprint density at radius 1 is 1.24 bits per heavy atom. The van der Waals surface area contributed by atoms with Gasteiger partial charge in [-0.3, -0.25) is 4.90 Å². The molecule has 2 nitrogen and oxygen atoms in total. The fraction of sp³-hybridized carbons (Fsp3) is 0.667. The van der Waals surface area contributed by atoms with E-state index in [-0.39, 0.29) is 0 Å². The predicted octanol–water partition coefficient (Wildman–Crippen LogP) is 3.77. The van der Waals surface area contributed by atoms with Crippen LogP contribution in [0.3, 0.4) is 0 Å². The molecule has 3 rings (SSSR count). The first-order valence-corrected chi connectivity index (χ1v) is 9.31. The van der Waals surface area contributed by atoms with Crippen molar-refractivity contribution >= 4 is 15.9 Å². The van der Waals surface area contributed by atoms with Gasteiger partial charge in [0, 0.05) is 23.1 Å². The molecular weight excluding hydrogens is 324 g/mol. The Labute approximate surface area is 137 Å². The molecule has 0 aromatic heterocycles. The van der Waals surface area contributed by atoms with E-state index in [0.29, 0.717) is 0 Å². The van der Waals surface area contributed by atoms with E-state index >= 15 is 0 Å². The van der Waals surface area contributed by atoms with Gasteiger partial charge in [0.2, 0.25) is 0 Å². The van der Waals surface area contributed by atoms with Gasteiger partial charge in [-0.25, -0.2) is 0 Å². The minimum Gasteiger partial charge on any atom is -0.315 e. The summed E-state index contributed by atoms with van der Waals surface area (Å²) in [5, 5.41) is 3.59. The van der Waals surface area contributed by atoms with Crippen molar-refractivity contribution in [3.8, 4) is 0 Å². The van der Waals surface area contributed by atoms with Crippen LogP contribution in [0.15, 0.2) is 22.7 Å². The normalized spacial score (nSPS) is 25.9. The number of rotatable bonds is 4. The van der Waals surface area contributed by atoms with E-state index in [9.17, 15) is 0 Å². The molecule has 0 spiro atoms. The number of hydrogen-bond acceptors (Lipinski definition) is 2. The number of benzene rings is 1. The second-order valence-electron chi connectivity index (χ2n) is 6.55. The fourth-order valence-corrected chi connectivity index (χ4v) is 4.43. The lowest BCUT2D eigenvalue weighted by molar-refractivity contribution is 0.102. The van der Waals surface area contributed by atoms with Crippen molar-refractivity contribution in [1.82, 2.24) is 10.2 Å². The molecule has 1 heterocycles. The zero-order valence-electron chi connectivity index (χ0n) is 13.1. The van der Waals surface area contributed by atoms with E-state index in [2.05, 4.69) is 51.3 Å². The molecule has 3 heteroatoms. The van der Waals surface area contributed by atoms with Gasteiger partial charge in [-0.05, 0) is 74.9 Å². The van der Waals surface area contributed by atoms with Crippen LogP contribution >= 0.6 is 15.9 Å². The highest BCUT2D eigenvalue weighted by molar-refractivity contribution is 9.10. The highest BCUT2D eigenvalue weighted by Gasteiger charge is 2.29. The average molecular weight is 351 g/mol. The summed E-state index contributed by atoms with van der Waals surface area (Å²) >= 11 is 3.60. The Balaban J connectivity index is 1.73. The van der Waals surface area contributed by atoms with Crippen LogP contribution in [0.1, 0.15) is 43.7 Å². The van der Waals surface area contributed by atoms with Crippen molar-refractivity contribution in [2.45, 2.75) is 57.5 Å². The summed E-state index contributed by atoms with van der Waals surface area (Å²) < 4.78 is 1.22. The summed E-state index contributed by atoms with van der Waals surface area (Å²) in [5.41, 5.74) is 3.12. The van der Waals surface area contributed by atoms with Gasteiger partial charge in [-0.1, -0.05) is 28.9 Å². The lowest BCUT2D eigenvalue weighted by atomic mass is 9.86. The number of hydrogen-bond donors (Lipinski definition) is 1. The third kappa shape index (κ3) is 3.69. The van der Waals surface area contributed by atoms with Crippen LogP contribution in [0.5, 0.6) is 0 Å². The molecule has 1 N–H and O–H groups in total. The Morgan fingerprint density at radius 2 is 2.14 bits per heavy atom. The lowest BCUT2D eigenvalue weighted by Crippen LogP contribution is -2.52. The number of nitrogens with one attached hydrogen (secondary N) is 1. The minimum atomic E-state index is 0.739. The van der Waals surface area contributed by atoms with Crippen LogP contribution in [0.2, 0.25) is 0 Å². The molecule has 1 aromatic carbocycles. The number of halogens is 1. The van der Waals surface area contributed by atoms with Gasteiger partial charge in [0.05, 0.1) is 0 Å². The molecule has 0 bridgehead atoms. The molecule has 2 aliphatic rings. The molecule has 116 valence electrons. The van der Waals surface area contributed by atoms with Gasteiger partial charge in [-0.15, -0.1) is 0 Å². The highest BCUT2D eigenvalue weighted by Crippen LogP contribution is 2.29. The summed E-state index contributed by atoms with van der Waals surface area (Å²) in [5.74, 6) is 0. The first-order valence-electron chi connectivity index (χ1n) is 8.51. The SMILES string of the molecule is CCCN(C1CCCNC1)C1CCc2cc(Br)ccc2C1. The van der Waals surface area contributed by atoms with Crippen molar-refractivity contribution in [2.75, 3.05) is 19.6 Å². The monoisotopic (exact) mass is 350 g/mol. The second-order valence-corrected chi connectivity index (χ2v) is 7.46. The van der Waals surface area contributed by atoms with Crippen molar-refractivity contribution < 1.29 is 0 Å². The molecule has 0 amide bonds. The van der Waals surface area contributed by atoms with Crippen LogP contribution in [0.4, 0.5) is 0 Å². The molecule has 1 aliphatic carbocycles. The topological polar surface area (TPSA) is 15.3 Å². The number of piperidine rings is 1. The van der Waals surface area contributed by atoms with Crippen LogP contribution < -0.4 is 5.32 Å². The average Bonchev–Trinajstić information content (AvgIpc) is 2.53. The number of fused-ring (bicyclic) bond motifs is 1. The molecule has 1 aliphatic heterocycles. The van der Waals surface area contributed by atoms with Gasteiger partial charge in [0.15, 0.2) is 0 Å². The summed E-state index contributed by atoms with van der Waals surface area (Å²) in [6.07, 6.45) is 7.76. The van der Waals surface area contributed by atoms with E-state index < -0.39 is 0 Å². The smallest absolute Gasteiger partial charge is 0.0224 e. The van der Waals surface area contributed by atoms with Gasteiger partial charge >= 0.3 is 0 Å². The summed E-state index contributed by atoms with van der Waals surface area (Å²) in [6, 6.07) is 8.34. The molecule has 2 atom stereocenters. The van der Waals surface area contributed by atoms with Gasteiger partial charge < -0.3 is 5.32 Å². The standard InChI is InChI=1S/C18H27BrN2/c1-2-10-21(18-4-3-9-20-13-18)17-8-6-14-11-16(19)7-5-15(14)12-17/h5,7,11,17-18,20H,2-4,6,8-10,12-13H2,1H3. The van der Waals surface area contributed by atoms with Gasteiger partial charge in [0.25, 0.3) is 0 Å². The maximum Gasteiger partial charge on any atom is 0.0224 e. The maximum absolute atomic E-state index is 3.60. The van der Waals surface area contributed by atoms with E-state index in [1.165, 1.54) is 62.6 Å². The van der Waals surface area contributed by atoms with E-state index in [1.54, 1.807) is 11.1 Å². The fourth-order valence-electron chi connectivity index (χ4n) is 4.03. The van der Waals surface area contributed by atoms with Crippen molar-refractivity contribution in [2.24, 2.45) is 0 Å². The first kappa shape index (κ1) is 15.5. The van der Waals surface area contributed by atoms with Crippen molar-refractivity contribution in [3.63, 3.8) is 0 Å². The molecule has 0 saturated carbocycles. The third-order valence-corrected chi connectivity index (χ3v) is 5.55. The lowest BCUT2D eigenvalue weighted by Gasteiger charge is -2.42. The molecule has 2 unspecified atom stereocenters. The van der Waals surface area contributed by atoms with Gasteiger partial charge in [0.1, 0.15) is 0 Å². The van der Waals surface area contributed by atoms with Crippen LogP contribution in [-0.4, -0.2) is 36.6 Å². The Morgan fingerprint density at radius 3 is 2.90 bits per heavy atom. The number of aryl methyl sites for hydroxylation is 1. The quantitative estimate of drug-likeness (QED) is 0.888. The Hall–Kier alpha value is -0.380. The van der Waals surface area contributed by atoms with Crippen molar-refractivity contribution in [3.05, 3.63) is 33.8 Å². The largest absolute Gasteiger partial charge is 0.315 e. The summed E-state index contributed by atoms with van der Waals surface area (Å²) in [4.78, 5) is 2.82. The summed E-state index contributed by atoms with van der Waals surface area (Å²) in [7, 11) is 0. The molecule has 21 heavy (non-hydrogen) atoms. The zero-order chi connectivity index (χ0) is 14.7. The highest BCUT2D eigenvalue weighted by atomic mass is 79.9. The second kappa shape index (κ2) is 7.26. The molecule has 1 saturated heterocycles. The maximum atomic E-state index is 3.60. The van der Waals surface area contributed by atoms with E-state index in [1.807, 2.05) is 0 Å². The molecule has 1 aromatic rings. The van der Waals surface area contributed by atoms with Crippen molar-refractivity contribution in [1.29, 1.82) is 0 Å². The first-order chi connectivity index (χ1) is 10.3. The third-order valence-electron chi connectivity index (χ3n) is 5.06. The molecule has 1 fully saturated rings. The summed E-state index contributed by atoms with van der Waals surface area (Å²) in [6.45, 7) is 5.96.